The maximum atomic E-state index is 6.06. The molecule has 1 aromatic carbocycles. The van der Waals surface area contributed by atoms with E-state index in [-0.39, 0.29) is 6.10 Å². The minimum Gasteiger partial charge on any atom is -0.373 e. The van der Waals surface area contributed by atoms with Crippen molar-refractivity contribution in [1.29, 1.82) is 0 Å². The normalized spacial score (nSPS) is 19.2. The zero-order valence-electron chi connectivity index (χ0n) is 12.4. The molecule has 3 rings (SSSR count). The summed E-state index contributed by atoms with van der Waals surface area (Å²) in [4.78, 5) is 5.53. The lowest BCUT2D eigenvalue weighted by Crippen LogP contribution is -2.26. The van der Waals surface area contributed by atoms with Gasteiger partial charge in [-0.2, -0.15) is 0 Å². The van der Waals surface area contributed by atoms with Gasteiger partial charge in [0.25, 0.3) is 0 Å². The minimum absolute atomic E-state index is 0.186. The van der Waals surface area contributed by atoms with Crippen molar-refractivity contribution in [2.45, 2.75) is 38.3 Å². The number of hydrogen-bond donors (Lipinski definition) is 1. The van der Waals surface area contributed by atoms with Crippen LogP contribution < -0.4 is 5.32 Å². The summed E-state index contributed by atoms with van der Waals surface area (Å²) >= 11 is 1.72. The summed E-state index contributed by atoms with van der Waals surface area (Å²) < 4.78 is 6.06. The zero-order valence-corrected chi connectivity index (χ0v) is 13.2. The highest BCUT2D eigenvalue weighted by atomic mass is 32.1. The maximum Gasteiger partial charge on any atom is 0.0846 e. The second-order valence-electron chi connectivity index (χ2n) is 5.45. The van der Waals surface area contributed by atoms with E-state index in [1.165, 1.54) is 16.0 Å². The van der Waals surface area contributed by atoms with Gasteiger partial charge in [0.2, 0.25) is 0 Å². The number of benzene rings is 1. The third-order valence-electron chi connectivity index (χ3n) is 3.98. The molecule has 0 spiro atoms. The SMILES string of the molecule is CCCNC(CC1OCCc2ccccc21)c1cncs1. The highest BCUT2D eigenvalue weighted by Crippen LogP contribution is 2.35. The fourth-order valence-electron chi connectivity index (χ4n) is 2.90. The molecular weight excluding hydrogens is 280 g/mol. The van der Waals surface area contributed by atoms with Crippen molar-refractivity contribution in [1.82, 2.24) is 10.3 Å². The van der Waals surface area contributed by atoms with Gasteiger partial charge in [-0.3, -0.25) is 4.98 Å². The molecule has 1 aliphatic rings. The number of fused-ring (bicyclic) bond motifs is 1. The summed E-state index contributed by atoms with van der Waals surface area (Å²) in [6.07, 6.45) is 5.30. The number of nitrogens with one attached hydrogen (secondary N) is 1. The van der Waals surface area contributed by atoms with Crippen molar-refractivity contribution in [2.75, 3.05) is 13.2 Å². The van der Waals surface area contributed by atoms with Crippen molar-refractivity contribution in [2.24, 2.45) is 0 Å². The van der Waals surface area contributed by atoms with Crippen LogP contribution in [0.3, 0.4) is 0 Å². The number of ether oxygens (including phenoxy) is 1. The molecule has 3 nitrogen and oxygen atoms in total. The first kappa shape index (κ1) is 14.7. The van der Waals surface area contributed by atoms with Gasteiger partial charge in [-0.05, 0) is 36.9 Å². The fourth-order valence-corrected chi connectivity index (χ4v) is 3.61. The van der Waals surface area contributed by atoms with Crippen LogP contribution >= 0.6 is 11.3 Å². The first-order valence-electron chi connectivity index (χ1n) is 7.69. The van der Waals surface area contributed by atoms with Gasteiger partial charge in [0.15, 0.2) is 0 Å². The number of hydrogen-bond acceptors (Lipinski definition) is 4. The molecule has 4 heteroatoms. The Hall–Kier alpha value is -1.23. The van der Waals surface area contributed by atoms with Crippen molar-refractivity contribution >= 4 is 11.3 Å². The topological polar surface area (TPSA) is 34.1 Å². The maximum absolute atomic E-state index is 6.06. The van der Waals surface area contributed by atoms with E-state index in [0.29, 0.717) is 6.04 Å². The lowest BCUT2D eigenvalue weighted by Gasteiger charge is -2.29. The van der Waals surface area contributed by atoms with Crippen LogP contribution in [0.4, 0.5) is 0 Å². The Morgan fingerprint density at radius 3 is 3.14 bits per heavy atom. The number of thiazole rings is 1. The second-order valence-corrected chi connectivity index (χ2v) is 6.37. The van der Waals surface area contributed by atoms with Crippen LogP contribution in [-0.4, -0.2) is 18.1 Å². The lowest BCUT2D eigenvalue weighted by atomic mass is 9.93. The summed E-state index contributed by atoms with van der Waals surface area (Å²) in [5.74, 6) is 0. The monoisotopic (exact) mass is 302 g/mol. The summed E-state index contributed by atoms with van der Waals surface area (Å²) in [5.41, 5.74) is 4.70. The summed E-state index contributed by atoms with van der Waals surface area (Å²) in [7, 11) is 0. The Morgan fingerprint density at radius 2 is 2.33 bits per heavy atom. The van der Waals surface area contributed by atoms with Gasteiger partial charge in [0.05, 0.1) is 18.2 Å². The molecule has 112 valence electrons. The molecule has 0 radical (unpaired) electrons. The van der Waals surface area contributed by atoms with E-state index in [9.17, 15) is 0 Å². The molecule has 0 fully saturated rings. The number of rotatable bonds is 6. The Kier molecular flexibility index (Phi) is 5.01. The molecule has 0 aliphatic carbocycles. The van der Waals surface area contributed by atoms with Gasteiger partial charge in [0, 0.05) is 17.1 Å². The Bertz CT molecular complexity index is 556. The smallest absolute Gasteiger partial charge is 0.0846 e. The predicted octanol–water partition coefficient (Wildman–Crippen LogP) is 3.89. The molecule has 1 N–H and O–H groups in total. The summed E-state index contributed by atoms with van der Waals surface area (Å²) in [6, 6.07) is 9.00. The molecule has 0 bridgehead atoms. The van der Waals surface area contributed by atoms with E-state index in [0.717, 1.165) is 32.4 Å². The first-order valence-corrected chi connectivity index (χ1v) is 8.57. The zero-order chi connectivity index (χ0) is 14.5. The molecule has 0 amide bonds. The quantitative estimate of drug-likeness (QED) is 0.879. The molecule has 2 heterocycles. The van der Waals surface area contributed by atoms with E-state index in [1.807, 2.05) is 11.7 Å². The lowest BCUT2D eigenvalue weighted by molar-refractivity contribution is 0.0295. The van der Waals surface area contributed by atoms with Crippen molar-refractivity contribution in [3.8, 4) is 0 Å². The van der Waals surface area contributed by atoms with E-state index >= 15 is 0 Å². The Morgan fingerprint density at radius 1 is 1.43 bits per heavy atom. The van der Waals surface area contributed by atoms with Crippen LogP contribution in [-0.2, 0) is 11.2 Å². The minimum atomic E-state index is 0.186. The van der Waals surface area contributed by atoms with Crippen molar-refractivity contribution < 1.29 is 4.74 Å². The first-order chi connectivity index (χ1) is 10.4. The van der Waals surface area contributed by atoms with Gasteiger partial charge in [-0.15, -0.1) is 11.3 Å². The average molecular weight is 302 g/mol. The van der Waals surface area contributed by atoms with E-state index in [4.69, 9.17) is 4.74 Å². The van der Waals surface area contributed by atoms with Crippen LogP contribution in [0.5, 0.6) is 0 Å². The molecule has 2 aromatic rings. The van der Waals surface area contributed by atoms with Crippen LogP contribution in [0.15, 0.2) is 36.0 Å². The van der Waals surface area contributed by atoms with Gasteiger partial charge < -0.3 is 10.1 Å². The van der Waals surface area contributed by atoms with Gasteiger partial charge in [0.1, 0.15) is 0 Å². The van der Waals surface area contributed by atoms with Crippen LogP contribution in [0.25, 0.3) is 0 Å². The van der Waals surface area contributed by atoms with Crippen LogP contribution in [0.2, 0.25) is 0 Å². The summed E-state index contributed by atoms with van der Waals surface area (Å²) in [6.45, 7) is 4.05. The van der Waals surface area contributed by atoms with Gasteiger partial charge in [-0.25, -0.2) is 0 Å². The second kappa shape index (κ2) is 7.16. The van der Waals surface area contributed by atoms with Crippen molar-refractivity contribution in [3.05, 3.63) is 52.0 Å². The molecular formula is C17H22N2OS. The highest BCUT2D eigenvalue weighted by Gasteiger charge is 2.25. The molecule has 0 saturated heterocycles. The van der Waals surface area contributed by atoms with Crippen molar-refractivity contribution in [3.63, 3.8) is 0 Å². The molecule has 2 unspecified atom stereocenters. The molecule has 0 saturated carbocycles. The van der Waals surface area contributed by atoms with E-state index in [2.05, 4.69) is 41.5 Å². The van der Waals surface area contributed by atoms with E-state index < -0.39 is 0 Å². The third kappa shape index (κ3) is 3.51. The molecule has 1 aliphatic heterocycles. The molecule has 21 heavy (non-hydrogen) atoms. The average Bonchev–Trinajstić information content (AvgIpc) is 3.06. The highest BCUT2D eigenvalue weighted by molar-refractivity contribution is 7.09. The standard InChI is InChI=1S/C17H22N2OS/c1-2-8-19-15(17-11-18-12-21-17)10-16-14-6-4-3-5-13(14)7-9-20-16/h3-6,11-12,15-16,19H,2,7-10H2,1H3. The fraction of sp³-hybridized carbons (Fsp3) is 0.471. The van der Waals surface area contributed by atoms with Gasteiger partial charge in [-0.1, -0.05) is 31.2 Å². The number of nitrogens with zero attached hydrogens (tertiary/aromatic N) is 1. The van der Waals surface area contributed by atoms with E-state index in [1.54, 1.807) is 11.3 Å². The van der Waals surface area contributed by atoms with Gasteiger partial charge >= 0.3 is 0 Å². The van der Waals surface area contributed by atoms with Crippen LogP contribution in [0.1, 0.15) is 47.9 Å². The Balaban J connectivity index is 1.77. The largest absolute Gasteiger partial charge is 0.373 e. The predicted molar refractivity (Wildman–Crippen MR) is 86.6 cm³/mol. The molecule has 1 aromatic heterocycles. The summed E-state index contributed by atoms with van der Waals surface area (Å²) in [5, 5.41) is 3.64. The Labute approximate surface area is 130 Å². The number of aromatic nitrogens is 1. The van der Waals surface area contributed by atoms with Crippen LogP contribution in [0, 0.1) is 0 Å². The molecule has 2 atom stereocenters. The third-order valence-corrected chi connectivity index (χ3v) is 4.87.